The van der Waals surface area contributed by atoms with Gasteiger partial charge in [-0.3, -0.25) is 19.0 Å². The summed E-state index contributed by atoms with van der Waals surface area (Å²) in [5.74, 6) is -2.83. The SMILES string of the molecule is [C-]#[N+]c1cc2c3c(c1)c(O)c(C(=O)NCC(=O)O)c(=O)n3CC(c1ccc(C#N)cc1)O2. The molecule has 1 atom stereocenters. The summed E-state index contributed by atoms with van der Waals surface area (Å²) >= 11 is 0. The van der Waals surface area contributed by atoms with Gasteiger partial charge in [-0.05, 0) is 29.8 Å². The van der Waals surface area contributed by atoms with Gasteiger partial charge in [0.25, 0.3) is 11.5 Å². The third-order valence-corrected chi connectivity index (χ3v) is 5.07. The molecule has 2 aromatic carbocycles. The van der Waals surface area contributed by atoms with Crippen LogP contribution in [-0.2, 0) is 11.3 Å². The van der Waals surface area contributed by atoms with Crippen molar-refractivity contribution in [3.8, 4) is 17.6 Å². The highest BCUT2D eigenvalue weighted by atomic mass is 16.5. The fraction of sp³-hybridized carbons (Fsp3) is 0.136. The fourth-order valence-electron chi connectivity index (χ4n) is 3.60. The molecule has 0 bridgehead atoms. The van der Waals surface area contributed by atoms with Crippen molar-refractivity contribution in [2.75, 3.05) is 6.54 Å². The van der Waals surface area contributed by atoms with E-state index in [1.54, 1.807) is 24.3 Å². The average Bonchev–Trinajstić information content (AvgIpc) is 2.80. The molecule has 1 aliphatic rings. The van der Waals surface area contributed by atoms with Gasteiger partial charge in [-0.25, -0.2) is 4.85 Å². The molecule has 2 heterocycles. The Hall–Kier alpha value is -4.83. The minimum Gasteiger partial charge on any atom is -0.506 e. The van der Waals surface area contributed by atoms with Gasteiger partial charge in [-0.15, -0.1) is 0 Å². The molecule has 0 spiro atoms. The van der Waals surface area contributed by atoms with E-state index in [4.69, 9.17) is 21.7 Å². The number of ether oxygens (including phenoxy) is 1. The second kappa shape index (κ2) is 7.78. The van der Waals surface area contributed by atoms with Crippen LogP contribution in [0.5, 0.6) is 11.5 Å². The smallest absolute Gasteiger partial charge is 0.322 e. The minimum atomic E-state index is -1.31. The molecule has 0 aliphatic carbocycles. The first-order valence-electron chi connectivity index (χ1n) is 9.31. The minimum absolute atomic E-state index is 0.00884. The van der Waals surface area contributed by atoms with Gasteiger partial charge >= 0.3 is 5.97 Å². The van der Waals surface area contributed by atoms with Crippen LogP contribution < -0.4 is 15.6 Å². The predicted octanol–water partition coefficient (Wildman–Crippen LogP) is 2.08. The number of nitrogens with one attached hydrogen (secondary N) is 1. The van der Waals surface area contributed by atoms with Crippen LogP contribution in [0.15, 0.2) is 41.2 Å². The second-order valence-corrected chi connectivity index (χ2v) is 7.01. The molecular weight excluding hydrogens is 416 g/mol. The molecule has 10 nitrogen and oxygen atoms in total. The van der Waals surface area contributed by atoms with Gasteiger partial charge in [0.15, 0.2) is 5.69 Å². The predicted molar refractivity (Wildman–Crippen MR) is 111 cm³/mol. The molecule has 10 heteroatoms. The molecular formula is C22H14N4O6. The molecule has 1 amide bonds. The molecule has 0 saturated carbocycles. The van der Waals surface area contributed by atoms with Crippen molar-refractivity contribution in [2.24, 2.45) is 0 Å². The lowest BCUT2D eigenvalue weighted by Gasteiger charge is -2.29. The van der Waals surface area contributed by atoms with E-state index in [1.165, 1.54) is 16.7 Å². The summed E-state index contributed by atoms with van der Waals surface area (Å²) in [4.78, 5) is 39.8. The van der Waals surface area contributed by atoms with Crippen molar-refractivity contribution in [1.29, 1.82) is 5.26 Å². The van der Waals surface area contributed by atoms with Gasteiger partial charge in [-0.2, -0.15) is 5.26 Å². The zero-order chi connectivity index (χ0) is 23.0. The van der Waals surface area contributed by atoms with Crippen molar-refractivity contribution in [2.45, 2.75) is 12.6 Å². The average molecular weight is 430 g/mol. The third-order valence-electron chi connectivity index (χ3n) is 5.07. The maximum atomic E-state index is 13.2. The van der Waals surface area contributed by atoms with Crippen LogP contribution in [0.2, 0.25) is 0 Å². The molecule has 0 saturated heterocycles. The molecule has 3 N–H and O–H groups in total. The summed E-state index contributed by atoms with van der Waals surface area (Å²) < 4.78 is 7.28. The van der Waals surface area contributed by atoms with Crippen molar-refractivity contribution >= 4 is 28.5 Å². The number of nitriles is 1. The molecule has 0 radical (unpaired) electrons. The largest absolute Gasteiger partial charge is 0.506 e. The number of carboxylic acid groups (broad SMARTS) is 1. The maximum absolute atomic E-state index is 13.2. The number of benzene rings is 2. The highest BCUT2D eigenvalue weighted by Crippen LogP contribution is 2.41. The quantitative estimate of drug-likeness (QED) is 0.537. The van der Waals surface area contributed by atoms with Crippen molar-refractivity contribution in [3.63, 3.8) is 0 Å². The molecule has 0 fully saturated rings. The molecule has 1 aromatic heterocycles. The number of aromatic nitrogens is 1. The number of nitrogens with zero attached hydrogens (tertiary/aromatic N) is 3. The molecule has 1 aliphatic heterocycles. The normalized spacial score (nSPS) is 14.1. The van der Waals surface area contributed by atoms with E-state index in [9.17, 15) is 19.5 Å². The maximum Gasteiger partial charge on any atom is 0.322 e. The highest BCUT2D eigenvalue weighted by Gasteiger charge is 2.30. The van der Waals surface area contributed by atoms with Crippen LogP contribution in [0.25, 0.3) is 15.7 Å². The standard InChI is InChI=1S/C22H14N4O6/c1-24-13-6-14-19-15(7-13)32-16(12-4-2-11(8-23)3-5-12)10-26(19)22(31)18(20(14)29)21(30)25-9-17(27)28/h2-7,16,29H,9-10H2,(H,25,30)(H,27,28). The number of carbonyl (C=O) groups is 2. The molecule has 1 unspecified atom stereocenters. The van der Waals surface area contributed by atoms with Crippen molar-refractivity contribution in [3.05, 3.63) is 74.9 Å². The lowest BCUT2D eigenvalue weighted by molar-refractivity contribution is -0.135. The van der Waals surface area contributed by atoms with E-state index in [0.717, 1.165) is 0 Å². The number of pyridine rings is 1. The number of aliphatic carboxylic acids is 1. The number of rotatable bonds is 4. The number of hydrogen-bond donors (Lipinski definition) is 3. The zero-order valence-electron chi connectivity index (χ0n) is 16.3. The summed E-state index contributed by atoms with van der Waals surface area (Å²) in [6, 6.07) is 11.3. The van der Waals surface area contributed by atoms with E-state index >= 15 is 0 Å². The Balaban J connectivity index is 1.91. The van der Waals surface area contributed by atoms with Gasteiger partial charge in [0, 0.05) is 5.39 Å². The lowest BCUT2D eigenvalue weighted by atomic mass is 10.0. The van der Waals surface area contributed by atoms with Crippen LogP contribution in [0.4, 0.5) is 5.69 Å². The second-order valence-electron chi connectivity index (χ2n) is 7.01. The van der Waals surface area contributed by atoms with Crippen molar-refractivity contribution in [1.82, 2.24) is 9.88 Å². The monoisotopic (exact) mass is 430 g/mol. The summed E-state index contributed by atoms with van der Waals surface area (Å²) in [5, 5.41) is 30.6. The molecule has 158 valence electrons. The van der Waals surface area contributed by atoms with E-state index in [2.05, 4.69) is 10.2 Å². The van der Waals surface area contributed by atoms with Crippen LogP contribution in [0.1, 0.15) is 27.6 Å². The van der Waals surface area contributed by atoms with E-state index < -0.39 is 41.4 Å². The van der Waals surface area contributed by atoms with Gasteiger partial charge in [0.05, 0.1) is 30.3 Å². The number of carbonyl (C=O) groups excluding carboxylic acids is 1. The van der Waals surface area contributed by atoms with E-state index in [1.807, 2.05) is 6.07 Å². The zero-order valence-corrected chi connectivity index (χ0v) is 16.3. The summed E-state index contributed by atoms with van der Waals surface area (Å²) in [6.07, 6.45) is -0.670. The number of aromatic hydroxyl groups is 1. The van der Waals surface area contributed by atoms with E-state index in [-0.39, 0.29) is 28.9 Å². The Morgan fingerprint density at radius 2 is 2.03 bits per heavy atom. The van der Waals surface area contributed by atoms with Crippen molar-refractivity contribution < 1.29 is 24.5 Å². The lowest BCUT2D eigenvalue weighted by Crippen LogP contribution is -2.38. The first kappa shape index (κ1) is 20.4. The van der Waals surface area contributed by atoms with E-state index in [0.29, 0.717) is 11.1 Å². The van der Waals surface area contributed by atoms with Crippen LogP contribution in [0, 0.1) is 17.9 Å². The summed E-state index contributed by atoms with van der Waals surface area (Å²) in [5.41, 5.74) is 0.00334. The summed E-state index contributed by atoms with van der Waals surface area (Å²) in [6.45, 7) is 6.58. The van der Waals surface area contributed by atoms with Gasteiger partial charge in [0.1, 0.15) is 29.7 Å². The van der Waals surface area contributed by atoms with Gasteiger partial charge in [-0.1, -0.05) is 12.1 Å². The molecule has 32 heavy (non-hydrogen) atoms. The Morgan fingerprint density at radius 1 is 1.31 bits per heavy atom. The number of carboxylic acids is 1. The molecule has 4 rings (SSSR count). The first-order chi connectivity index (χ1) is 15.3. The Bertz CT molecular complexity index is 1430. The summed E-state index contributed by atoms with van der Waals surface area (Å²) in [7, 11) is 0. The first-order valence-corrected chi connectivity index (χ1v) is 9.31. The number of amides is 1. The van der Waals surface area contributed by atoms with Crippen LogP contribution in [-0.4, -0.2) is 33.2 Å². The highest BCUT2D eigenvalue weighted by molar-refractivity contribution is 6.05. The van der Waals surface area contributed by atoms with Gasteiger partial charge < -0.3 is 20.3 Å². The number of hydrogen-bond acceptors (Lipinski definition) is 6. The van der Waals surface area contributed by atoms with Crippen LogP contribution >= 0.6 is 0 Å². The molecule has 3 aromatic rings. The van der Waals surface area contributed by atoms with Gasteiger partial charge in [0.2, 0.25) is 0 Å². The Labute approximate surface area is 180 Å². The Kier molecular flexibility index (Phi) is 4.97. The topological polar surface area (TPSA) is 146 Å². The fourth-order valence-corrected chi connectivity index (χ4v) is 3.60. The van der Waals surface area contributed by atoms with Crippen LogP contribution in [0.3, 0.4) is 0 Å². The Morgan fingerprint density at radius 3 is 2.66 bits per heavy atom. The third kappa shape index (κ3) is 3.36.